The van der Waals surface area contributed by atoms with E-state index >= 15 is 0 Å². The molecule has 0 spiro atoms. The number of amides is 1. The largest absolute Gasteiger partial charge is 0.372 e. The van der Waals surface area contributed by atoms with Crippen LogP contribution in [0.5, 0.6) is 0 Å². The van der Waals surface area contributed by atoms with Gasteiger partial charge in [0, 0.05) is 28.5 Å². The maximum Gasteiger partial charge on any atom is 0.251 e. The summed E-state index contributed by atoms with van der Waals surface area (Å²) in [4.78, 5) is 12.5. The van der Waals surface area contributed by atoms with Gasteiger partial charge in [0.05, 0.1) is 13.2 Å². The Kier molecular flexibility index (Phi) is 3.15. The molecule has 0 unspecified atom stereocenters. The molecule has 4 heteroatoms. The van der Waals surface area contributed by atoms with E-state index in [9.17, 15) is 4.79 Å². The molecule has 0 atom stereocenters. The molecular formula is C17H24N2O2. The molecule has 0 aromatic heterocycles. The van der Waals surface area contributed by atoms with E-state index in [2.05, 4.69) is 33.0 Å². The first kappa shape index (κ1) is 14.5. The number of fused-ring (bicyclic) bond motifs is 1. The van der Waals surface area contributed by atoms with Crippen molar-refractivity contribution < 1.29 is 9.53 Å². The molecule has 1 amide bonds. The van der Waals surface area contributed by atoms with Gasteiger partial charge in [-0.3, -0.25) is 4.79 Å². The van der Waals surface area contributed by atoms with E-state index in [1.165, 1.54) is 5.56 Å². The lowest BCUT2D eigenvalue weighted by Gasteiger charge is -2.62. The summed E-state index contributed by atoms with van der Waals surface area (Å²) in [5.41, 5.74) is 9.07. The van der Waals surface area contributed by atoms with Crippen LogP contribution < -0.4 is 11.1 Å². The Morgan fingerprint density at radius 1 is 1.19 bits per heavy atom. The van der Waals surface area contributed by atoms with Crippen LogP contribution in [-0.4, -0.2) is 18.0 Å². The molecule has 1 aliphatic carbocycles. The Balaban J connectivity index is 1.78. The zero-order chi connectivity index (χ0) is 15.4. The Hall–Kier alpha value is -1.39. The van der Waals surface area contributed by atoms with Crippen molar-refractivity contribution in [1.29, 1.82) is 0 Å². The Labute approximate surface area is 126 Å². The summed E-state index contributed by atoms with van der Waals surface area (Å²) >= 11 is 0. The summed E-state index contributed by atoms with van der Waals surface area (Å²) in [5.74, 6) is -0.0252. The fourth-order valence-corrected chi connectivity index (χ4v) is 4.08. The van der Waals surface area contributed by atoms with Crippen molar-refractivity contribution in [3.63, 3.8) is 0 Å². The fraction of sp³-hybridized carbons (Fsp3) is 0.588. The first-order valence-electron chi connectivity index (χ1n) is 7.50. The molecule has 1 aliphatic heterocycles. The summed E-state index contributed by atoms with van der Waals surface area (Å²) in [6.45, 7) is 9.71. The molecule has 1 aromatic carbocycles. The first-order valence-corrected chi connectivity index (χ1v) is 7.50. The summed E-state index contributed by atoms with van der Waals surface area (Å²) in [7, 11) is 0. The number of nitrogens with one attached hydrogen (secondary N) is 1. The number of hydrogen-bond acceptors (Lipinski definition) is 3. The van der Waals surface area contributed by atoms with Gasteiger partial charge in [0.1, 0.15) is 0 Å². The van der Waals surface area contributed by atoms with Gasteiger partial charge in [-0.15, -0.1) is 0 Å². The summed E-state index contributed by atoms with van der Waals surface area (Å²) in [6, 6.07) is 5.97. The van der Waals surface area contributed by atoms with E-state index in [1.807, 2.05) is 18.2 Å². The molecule has 3 N–H and O–H groups in total. The van der Waals surface area contributed by atoms with Crippen LogP contribution in [0.1, 0.15) is 49.2 Å². The van der Waals surface area contributed by atoms with Crippen LogP contribution in [0.4, 0.5) is 0 Å². The van der Waals surface area contributed by atoms with Gasteiger partial charge in [-0.25, -0.2) is 0 Å². The molecule has 1 fully saturated rings. The molecular weight excluding hydrogens is 264 g/mol. The number of benzene rings is 1. The van der Waals surface area contributed by atoms with Crippen LogP contribution in [0.15, 0.2) is 18.2 Å². The average molecular weight is 288 g/mol. The standard InChI is InChI=1S/C17H24N2O2/c1-16(2)14(18)17(3,4)15(16)19-13(20)10-5-6-11-8-21-9-12(11)7-10/h5-7,14-15H,8-9,18H2,1-4H3,(H,19,20). The van der Waals surface area contributed by atoms with Crippen molar-refractivity contribution >= 4 is 5.91 Å². The van der Waals surface area contributed by atoms with Crippen LogP contribution in [0.2, 0.25) is 0 Å². The third kappa shape index (κ3) is 2.09. The van der Waals surface area contributed by atoms with E-state index in [1.54, 1.807) is 0 Å². The average Bonchev–Trinajstić information content (AvgIpc) is 2.90. The second kappa shape index (κ2) is 4.55. The van der Waals surface area contributed by atoms with Gasteiger partial charge in [0.25, 0.3) is 5.91 Å². The smallest absolute Gasteiger partial charge is 0.251 e. The van der Waals surface area contributed by atoms with Gasteiger partial charge in [0.15, 0.2) is 0 Å². The SMILES string of the molecule is CC1(C)C(N)C(C)(C)C1NC(=O)c1ccc2c(c1)COC2. The van der Waals surface area contributed by atoms with Crippen molar-refractivity contribution in [2.45, 2.75) is 53.0 Å². The van der Waals surface area contributed by atoms with Crippen molar-refractivity contribution in [2.24, 2.45) is 16.6 Å². The maximum atomic E-state index is 12.5. The zero-order valence-electron chi connectivity index (χ0n) is 13.2. The molecule has 0 bridgehead atoms. The number of carbonyl (C=O) groups excluding carboxylic acids is 1. The minimum absolute atomic E-state index is 0.0252. The molecule has 2 aliphatic rings. The highest BCUT2D eigenvalue weighted by Crippen LogP contribution is 2.52. The van der Waals surface area contributed by atoms with Crippen molar-refractivity contribution in [3.8, 4) is 0 Å². The fourth-order valence-electron chi connectivity index (χ4n) is 4.08. The number of ether oxygens (including phenoxy) is 1. The normalized spacial score (nSPS) is 28.6. The molecule has 4 nitrogen and oxygen atoms in total. The minimum atomic E-state index is -0.0843. The van der Waals surface area contributed by atoms with Crippen LogP contribution in [0, 0.1) is 10.8 Å². The van der Waals surface area contributed by atoms with Crippen molar-refractivity contribution in [3.05, 3.63) is 34.9 Å². The third-order valence-corrected chi connectivity index (χ3v) is 5.35. The van der Waals surface area contributed by atoms with Crippen molar-refractivity contribution in [2.75, 3.05) is 0 Å². The molecule has 3 rings (SSSR count). The van der Waals surface area contributed by atoms with Gasteiger partial charge in [-0.05, 0) is 23.3 Å². The quantitative estimate of drug-likeness (QED) is 0.877. The number of nitrogens with two attached hydrogens (primary N) is 1. The summed E-state index contributed by atoms with van der Waals surface area (Å²) in [5, 5.41) is 3.18. The van der Waals surface area contributed by atoms with Crippen LogP contribution in [0.25, 0.3) is 0 Å². The van der Waals surface area contributed by atoms with E-state index in [4.69, 9.17) is 10.5 Å². The second-order valence-electron chi connectivity index (χ2n) is 7.50. The van der Waals surface area contributed by atoms with Gasteiger partial charge >= 0.3 is 0 Å². The van der Waals surface area contributed by atoms with E-state index < -0.39 is 0 Å². The predicted octanol–water partition coefficient (Wildman–Crippen LogP) is 2.21. The van der Waals surface area contributed by atoms with E-state index in [-0.39, 0.29) is 28.8 Å². The number of carbonyl (C=O) groups is 1. The summed E-state index contributed by atoms with van der Waals surface area (Å²) < 4.78 is 5.40. The lowest BCUT2D eigenvalue weighted by atomic mass is 9.48. The van der Waals surface area contributed by atoms with Crippen LogP contribution >= 0.6 is 0 Å². The first-order chi connectivity index (χ1) is 9.74. The van der Waals surface area contributed by atoms with Crippen LogP contribution in [0.3, 0.4) is 0 Å². The molecule has 0 saturated heterocycles. The molecule has 114 valence electrons. The maximum absolute atomic E-state index is 12.5. The summed E-state index contributed by atoms with van der Waals surface area (Å²) in [6.07, 6.45) is 0. The lowest BCUT2D eigenvalue weighted by Crippen LogP contribution is -2.76. The highest BCUT2D eigenvalue weighted by Gasteiger charge is 2.60. The van der Waals surface area contributed by atoms with Crippen molar-refractivity contribution in [1.82, 2.24) is 5.32 Å². The number of rotatable bonds is 2. The second-order valence-corrected chi connectivity index (χ2v) is 7.50. The highest BCUT2D eigenvalue weighted by molar-refractivity contribution is 5.95. The van der Waals surface area contributed by atoms with Gasteiger partial charge in [-0.2, -0.15) is 0 Å². The zero-order valence-corrected chi connectivity index (χ0v) is 13.2. The van der Waals surface area contributed by atoms with Crippen LogP contribution in [-0.2, 0) is 18.0 Å². The highest BCUT2D eigenvalue weighted by atomic mass is 16.5. The Bertz CT molecular complexity index is 576. The van der Waals surface area contributed by atoms with Gasteiger partial charge in [-0.1, -0.05) is 33.8 Å². The lowest BCUT2D eigenvalue weighted by molar-refractivity contribution is -0.0663. The topological polar surface area (TPSA) is 64.3 Å². The minimum Gasteiger partial charge on any atom is -0.372 e. The molecule has 21 heavy (non-hydrogen) atoms. The molecule has 1 saturated carbocycles. The molecule has 1 aromatic rings. The third-order valence-electron chi connectivity index (χ3n) is 5.35. The molecule has 0 radical (unpaired) electrons. The van der Waals surface area contributed by atoms with Gasteiger partial charge in [0.2, 0.25) is 0 Å². The molecule has 1 heterocycles. The van der Waals surface area contributed by atoms with Gasteiger partial charge < -0.3 is 15.8 Å². The van der Waals surface area contributed by atoms with E-state index in [0.717, 1.165) is 5.56 Å². The predicted molar refractivity (Wildman–Crippen MR) is 81.7 cm³/mol. The Morgan fingerprint density at radius 3 is 2.48 bits per heavy atom. The Morgan fingerprint density at radius 2 is 1.81 bits per heavy atom. The monoisotopic (exact) mass is 288 g/mol. The number of hydrogen-bond donors (Lipinski definition) is 2. The van der Waals surface area contributed by atoms with E-state index in [0.29, 0.717) is 18.8 Å².